The molecule has 2 bridgehead atoms. The largest absolute Gasteiger partial charge is 0.481 e. The first-order valence-corrected chi connectivity index (χ1v) is 17.1. The molecule has 0 radical (unpaired) electrons. The Bertz CT molecular complexity index is 1070. The van der Waals surface area contributed by atoms with Gasteiger partial charge in [0.2, 0.25) is 11.8 Å². The van der Waals surface area contributed by atoms with Crippen LogP contribution in [-0.2, 0) is 18.9 Å². The van der Waals surface area contributed by atoms with Gasteiger partial charge in [-0.2, -0.15) is 0 Å². The number of hydrogen-bond donors (Lipinski definition) is 4. The summed E-state index contributed by atoms with van der Waals surface area (Å²) in [6.07, 6.45) is 14.6. The van der Waals surface area contributed by atoms with Gasteiger partial charge in [0.25, 0.3) is 5.96 Å². The van der Waals surface area contributed by atoms with Crippen molar-refractivity contribution >= 4 is 24.9 Å². The smallest absolute Gasteiger partial charge is 0.404 e. The van der Waals surface area contributed by atoms with Crippen molar-refractivity contribution in [3.63, 3.8) is 0 Å². The Morgan fingerprint density at radius 3 is 2.49 bits per heavy atom. The minimum atomic E-state index is -0.836. The number of nitrogens with one attached hydrogen (secondary N) is 3. The van der Waals surface area contributed by atoms with E-state index in [9.17, 15) is 19.7 Å². The number of unbranched alkanes of at least 4 members (excludes halogenated alkanes) is 6. The predicted octanol–water partition coefficient (Wildman–Crippen LogP) is 4.45. The van der Waals surface area contributed by atoms with Crippen LogP contribution in [0, 0.1) is 33.3 Å². The summed E-state index contributed by atoms with van der Waals surface area (Å²) in [6, 6.07) is -0.836. The Hall–Kier alpha value is -2.67. The van der Waals surface area contributed by atoms with Crippen LogP contribution in [0.1, 0.15) is 119 Å². The number of nitrogens with zero attached hydrogens (tertiary/aromatic N) is 2. The molecule has 1 heterocycles. The summed E-state index contributed by atoms with van der Waals surface area (Å²) in [7, 11) is -0.576. The number of hydrogen-bond acceptors (Lipinski definition) is 7. The fourth-order valence-electron chi connectivity index (χ4n) is 7.45. The van der Waals surface area contributed by atoms with Gasteiger partial charge in [-0.05, 0) is 81.1 Å². The van der Waals surface area contributed by atoms with E-state index in [-0.39, 0.29) is 54.1 Å². The lowest BCUT2D eigenvalue weighted by Gasteiger charge is -2.64. The maximum Gasteiger partial charge on any atom is 0.481 e. The first-order valence-electron chi connectivity index (χ1n) is 17.1. The number of amides is 2. The van der Waals surface area contributed by atoms with Crippen molar-refractivity contribution in [2.45, 2.75) is 142 Å². The summed E-state index contributed by atoms with van der Waals surface area (Å²) in [5, 5.41) is 15.8. The van der Waals surface area contributed by atoms with Crippen LogP contribution < -0.4 is 21.8 Å². The lowest BCUT2D eigenvalue weighted by atomic mass is 9.43. The molecule has 1 aliphatic heterocycles. The van der Waals surface area contributed by atoms with Crippen molar-refractivity contribution in [2.24, 2.45) is 33.9 Å². The highest BCUT2D eigenvalue weighted by molar-refractivity contribution is 6.48. The van der Waals surface area contributed by atoms with Crippen molar-refractivity contribution in [3.05, 3.63) is 22.3 Å². The molecular formula is C32H57BN6O6. The maximum atomic E-state index is 13.7. The number of carbonyl (C=O) groups excluding carboxylic acids is 2. The third-order valence-corrected chi connectivity index (χ3v) is 10.1. The maximum absolute atomic E-state index is 13.7. The second kappa shape index (κ2) is 16.8. The number of nitro groups is 1. The predicted molar refractivity (Wildman–Crippen MR) is 176 cm³/mol. The highest BCUT2D eigenvalue weighted by Crippen LogP contribution is 2.65. The number of hydrazine groups is 1. The quantitative estimate of drug-likeness (QED) is 0.0308. The van der Waals surface area contributed by atoms with Crippen LogP contribution in [0.5, 0.6) is 0 Å². The molecule has 2 amide bonds. The van der Waals surface area contributed by atoms with Crippen molar-refractivity contribution < 1.29 is 23.9 Å². The molecule has 6 atom stereocenters. The molecule has 254 valence electrons. The summed E-state index contributed by atoms with van der Waals surface area (Å²) in [5.41, 5.74) is 7.15. The zero-order valence-corrected chi connectivity index (χ0v) is 28.3. The van der Waals surface area contributed by atoms with E-state index in [1.54, 1.807) is 0 Å². The number of nitrogens with two attached hydrogens (primary N) is 1. The molecule has 13 heteroatoms. The first kappa shape index (κ1) is 36.8. The van der Waals surface area contributed by atoms with Crippen LogP contribution in [0.2, 0.25) is 0 Å². The summed E-state index contributed by atoms with van der Waals surface area (Å²) >= 11 is 0. The number of aliphatic imine (C=N–C) groups is 1. The summed E-state index contributed by atoms with van der Waals surface area (Å²) < 4.78 is 13.2. The number of allylic oxidation sites excluding steroid dienone is 1. The summed E-state index contributed by atoms with van der Waals surface area (Å²) in [5.74, 6) is -0.0716. The van der Waals surface area contributed by atoms with Crippen molar-refractivity contribution in [2.75, 3.05) is 6.54 Å². The molecule has 12 nitrogen and oxygen atoms in total. The van der Waals surface area contributed by atoms with E-state index in [4.69, 9.17) is 15.0 Å². The molecule has 1 saturated heterocycles. The van der Waals surface area contributed by atoms with Crippen LogP contribution in [-0.4, -0.2) is 60.2 Å². The van der Waals surface area contributed by atoms with Gasteiger partial charge in [0.05, 0.1) is 17.6 Å². The Labute approximate surface area is 269 Å². The average molecular weight is 633 g/mol. The highest BCUT2D eigenvalue weighted by Gasteiger charge is 2.68. The van der Waals surface area contributed by atoms with Crippen LogP contribution >= 0.6 is 0 Å². The van der Waals surface area contributed by atoms with Crippen molar-refractivity contribution in [1.82, 2.24) is 16.1 Å². The second-order valence-corrected chi connectivity index (χ2v) is 14.4. The van der Waals surface area contributed by atoms with Gasteiger partial charge in [-0.3, -0.25) is 9.59 Å². The SMILES string of the molecule is CCCCCCCC/C=C/C(=O)N[C@@H](CCCN=C(N)N[N+](=O)[O-])C(=O)N[C@@H](CC(C)C)B1O[C@@H]2C[C@H]3C[C@H](C3(C)C)[C@]2(C)O1. The van der Waals surface area contributed by atoms with E-state index in [0.29, 0.717) is 24.7 Å². The Balaban J connectivity index is 1.64. The summed E-state index contributed by atoms with van der Waals surface area (Å²) in [4.78, 5) is 41.2. The third kappa shape index (κ3) is 10.2. The van der Waals surface area contributed by atoms with Gasteiger partial charge in [-0.25, -0.2) is 15.1 Å². The molecule has 4 rings (SSSR count). The number of carbonyl (C=O) groups is 2. The van der Waals surface area contributed by atoms with Gasteiger partial charge in [0.15, 0.2) is 5.03 Å². The second-order valence-electron chi connectivity index (χ2n) is 14.4. The normalized spacial score (nSPS) is 26.7. The molecule has 5 N–H and O–H groups in total. The molecule has 0 aromatic rings. The van der Waals surface area contributed by atoms with Gasteiger partial charge in [-0.1, -0.05) is 78.2 Å². The molecule has 0 unspecified atom stereocenters. The Kier molecular flexibility index (Phi) is 13.7. The molecule has 4 fully saturated rings. The van der Waals surface area contributed by atoms with E-state index >= 15 is 0 Å². The standard InChI is InChI=1S/C32H57BN6O6/c1-7-8-9-10-11-12-13-14-17-28(40)36-24(16-15-18-35-30(34)38-39(42)43)29(41)37-27(19-22(2)3)33-44-26-21-23-20-25(31(23,4)5)32(26,6)45-33/h14,17,22-27H,7-13,15-16,18-21H2,1-6H3,(H,36,40)(H,37,41)(H3,34,35,38)/b17-14+/t23-,24+,25-,26-,27+,32+/m1/s1. The molecule has 3 saturated carbocycles. The minimum Gasteiger partial charge on any atom is -0.404 e. The Morgan fingerprint density at radius 1 is 1.11 bits per heavy atom. The van der Waals surface area contributed by atoms with Crippen molar-refractivity contribution in [3.8, 4) is 0 Å². The number of rotatable bonds is 19. The van der Waals surface area contributed by atoms with Crippen LogP contribution in [0.4, 0.5) is 0 Å². The molecule has 4 aliphatic rings. The van der Waals surface area contributed by atoms with E-state index in [1.807, 2.05) is 11.5 Å². The fraction of sp³-hybridized carbons (Fsp3) is 0.844. The van der Waals surface area contributed by atoms with Gasteiger partial charge in [-0.15, -0.1) is 0 Å². The van der Waals surface area contributed by atoms with Crippen LogP contribution in [0.25, 0.3) is 0 Å². The number of guanidine groups is 1. The highest BCUT2D eigenvalue weighted by atomic mass is 16.7. The molecule has 0 spiro atoms. The Morgan fingerprint density at radius 2 is 1.82 bits per heavy atom. The van der Waals surface area contributed by atoms with Gasteiger partial charge >= 0.3 is 7.12 Å². The van der Waals surface area contributed by atoms with Gasteiger partial charge < -0.3 is 25.7 Å². The van der Waals surface area contributed by atoms with Crippen molar-refractivity contribution in [1.29, 1.82) is 0 Å². The monoisotopic (exact) mass is 632 g/mol. The molecule has 3 aliphatic carbocycles. The van der Waals surface area contributed by atoms with E-state index in [2.05, 4.69) is 57.2 Å². The fourth-order valence-corrected chi connectivity index (χ4v) is 7.45. The van der Waals surface area contributed by atoms with Crippen LogP contribution in [0.15, 0.2) is 17.1 Å². The topological polar surface area (TPSA) is 170 Å². The van der Waals surface area contributed by atoms with E-state index in [0.717, 1.165) is 32.1 Å². The molecule has 0 aromatic heterocycles. The zero-order valence-electron chi connectivity index (χ0n) is 28.3. The van der Waals surface area contributed by atoms with E-state index < -0.39 is 23.8 Å². The summed E-state index contributed by atoms with van der Waals surface area (Å²) in [6.45, 7) is 13.3. The van der Waals surface area contributed by atoms with E-state index in [1.165, 1.54) is 31.8 Å². The van der Waals surface area contributed by atoms with Crippen LogP contribution in [0.3, 0.4) is 0 Å². The first-order chi connectivity index (χ1) is 21.3. The molecular weight excluding hydrogens is 575 g/mol. The lowest BCUT2D eigenvalue weighted by molar-refractivity contribution is -0.525. The minimum absolute atomic E-state index is 0.00536. The molecule has 45 heavy (non-hydrogen) atoms. The zero-order chi connectivity index (χ0) is 33.2. The van der Waals surface area contributed by atoms with Gasteiger partial charge in [0, 0.05) is 6.54 Å². The van der Waals surface area contributed by atoms with Gasteiger partial charge in [0.1, 0.15) is 6.04 Å². The lowest BCUT2D eigenvalue weighted by Crippen LogP contribution is -2.65. The molecule has 0 aromatic carbocycles. The average Bonchev–Trinajstić information content (AvgIpc) is 3.32. The third-order valence-electron chi connectivity index (χ3n) is 10.1.